The molecule has 0 saturated carbocycles. The van der Waals surface area contributed by atoms with Gasteiger partial charge in [-0.15, -0.1) is 0 Å². The van der Waals surface area contributed by atoms with Gasteiger partial charge in [0, 0.05) is 19.3 Å². The third kappa shape index (κ3) is 3.52. The summed E-state index contributed by atoms with van der Waals surface area (Å²) in [5, 5.41) is 14.1. The molecule has 4 N–H and O–H groups in total. The summed E-state index contributed by atoms with van der Waals surface area (Å²) in [6, 6.07) is 3.08. The molecule has 0 spiro atoms. The lowest BCUT2D eigenvalue weighted by molar-refractivity contribution is 0.249. The zero-order valence-corrected chi connectivity index (χ0v) is 8.03. The molecule has 6 nitrogen and oxygen atoms in total. The van der Waals surface area contributed by atoms with Gasteiger partial charge in [-0.25, -0.2) is 4.79 Å². The van der Waals surface area contributed by atoms with Gasteiger partial charge in [-0.3, -0.25) is 4.98 Å². The molecule has 6 heteroatoms. The molecular formula is C9H11N5O. The number of nitriles is 1. The first kappa shape index (κ1) is 10.8. The number of primary amides is 1. The first-order chi connectivity index (χ1) is 7.24. The van der Waals surface area contributed by atoms with E-state index in [1.807, 2.05) is 6.07 Å². The highest BCUT2D eigenvalue weighted by molar-refractivity contribution is 5.71. The van der Waals surface area contributed by atoms with E-state index < -0.39 is 6.03 Å². The summed E-state index contributed by atoms with van der Waals surface area (Å²) in [5.41, 5.74) is 6.05. The summed E-state index contributed by atoms with van der Waals surface area (Å²) in [5.74, 6) is 0. The number of pyridine rings is 1. The van der Waals surface area contributed by atoms with Crippen molar-refractivity contribution in [2.75, 3.05) is 18.4 Å². The third-order valence-electron chi connectivity index (χ3n) is 1.68. The van der Waals surface area contributed by atoms with Crippen LogP contribution in [0.2, 0.25) is 0 Å². The molecule has 2 amide bonds. The number of hydrogen-bond acceptors (Lipinski definition) is 4. The number of hydrogen-bond donors (Lipinski definition) is 3. The first-order valence-electron chi connectivity index (χ1n) is 4.35. The van der Waals surface area contributed by atoms with Gasteiger partial charge in [0.2, 0.25) is 0 Å². The Hall–Kier alpha value is -2.29. The van der Waals surface area contributed by atoms with Gasteiger partial charge in [0.05, 0.1) is 17.4 Å². The maximum Gasteiger partial charge on any atom is 0.312 e. The predicted octanol–water partition coefficient (Wildman–Crippen LogP) is 0.0335. The Labute approximate surface area is 87.1 Å². The smallest absolute Gasteiger partial charge is 0.312 e. The van der Waals surface area contributed by atoms with Crippen LogP contribution in [0.25, 0.3) is 0 Å². The molecular weight excluding hydrogens is 194 g/mol. The number of anilines is 1. The molecule has 0 saturated heterocycles. The molecule has 0 bridgehead atoms. The summed E-state index contributed by atoms with van der Waals surface area (Å²) in [6.07, 6.45) is 3.11. The van der Waals surface area contributed by atoms with Crippen LogP contribution in [-0.4, -0.2) is 24.1 Å². The standard InChI is InChI=1S/C9H11N5O/c10-5-7-1-2-12-6-8(7)13-3-4-14-9(11)15/h1-2,6,13H,3-4H2,(H3,11,14,15). The van der Waals surface area contributed by atoms with Crippen molar-refractivity contribution in [3.05, 3.63) is 24.0 Å². The lowest BCUT2D eigenvalue weighted by atomic mass is 10.2. The molecule has 15 heavy (non-hydrogen) atoms. The third-order valence-corrected chi connectivity index (χ3v) is 1.68. The van der Waals surface area contributed by atoms with Crippen LogP contribution < -0.4 is 16.4 Å². The van der Waals surface area contributed by atoms with Crippen LogP contribution in [0.1, 0.15) is 5.56 Å². The Kier molecular flexibility index (Phi) is 3.91. The number of nitrogens with one attached hydrogen (secondary N) is 2. The summed E-state index contributed by atoms with van der Waals surface area (Å²) >= 11 is 0. The van der Waals surface area contributed by atoms with Gasteiger partial charge in [0.15, 0.2) is 0 Å². The summed E-state index contributed by atoms with van der Waals surface area (Å²) in [6.45, 7) is 0.887. The molecule has 0 fully saturated rings. The van der Waals surface area contributed by atoms with Crippen molar-refractivity contribution < 1.29 is 4.79 Å². The van der Waals surface area contributed by atoms with Crippen molar-refractivity contribution in [3.8, 4) is 6.07 Å². The largest absolute Gasteiger partial charge is 0.381 e. The average Bonchev–Trinajstić information content (AvgIpc) is 2.24. The topological polar surface area (TPSA) is 104 Å². The maximum absolute atomic E-state index is 10.4. The van der Waals surface area contributed by atoms with E-state index >= 15 is 0 Å². The molecule has 1 aromatic heterocycles. The fourth-order valence-corrected chi connectivity index (χ4v) is 1.02. The Bertz CT molecular complexity index is 384. The number of carbonyl (C=O) groups is 1. The molecule has 0 aromatic carbocycles. The van der Waals surface area contributed by atoms with E-state index in [0.717, 1.165) is 0 Å². The van der Waals surface area contributed by atoms with E-state index in [4.69, 9.17) is 11.0 Å². The molecule has 0 aliphatic carbocycles. The quantitative estimate of drug-likeness (QED) is 0.603. The van der Waals surface area contributed by atoms with Crippen LogP contribution >= 0.6 is 0 Å². The lowest BCUT2D eigenvalue weighted by Crippen LogP contribution is -2.33. The minimum Gasteiger partial charge on any atom is -0.381 e. The molecule has 1 heterocycles. The monoisotopic (exact) mass is 205 g/mol. The molecule has 78 valence electrons. The van der Waals surface area contributed by atoms with Crippen molar-refractivity contribution in [2.24, 2.45) is 5.73 Å². The number of nitrogens with two attached hydrogens (primary N) is 1. The minimum absolute atomic E-state index is 0.398. The van der Waals surface area contributed by atoms with E-state index in [1.54, 1.807) is 18.5 Å². The maximum atomic E-state index is 10.4. The van der Waals surface area contributed by atoms with Gasteiger partial charge in [0.25, 0.3) is 0 Å². The molecule has 0 radical (unpaired) electrons. The van der Waals surface area contributed by atoms with Crippen LogP contribution in [-0.2, 0) is 0 Å². The molecule has 1 aromatic rings. The van der Waals surface area contributed by atoms with Crippen LogP contribution in [0.4, 0.5) is 10.5 Å². The van der Waals surface area contributed by atoms with Crippen molar-refractivity contribution in [1.82, 2.24) is 10.3 Å². The second-order valence-electron chi connectivity index (χ2n) is 2.75. The number of nitrogens with zero attached hydrogens (tertiary/aromatic N) is 2. The van der Waals surface area contributed by atoms with Crippen LogP contribution in [0.3, 0.4) is 0 Å². The van der Waals surface area contributed by atoms with Crippen LogP contribution in [0.5, 0.6) is 0 Å². The van der Waals surface area contributed by atoms with Gasteiger partial charge in [-0.05, 0) is 6.07 Å². The average molecular weight is 205 g/mol. The lowest BCUT2D eigenvalue weighted by Gasteiger charge is -2.07. The highest BCUT2D eigenvalue weighted by atomic mass is 16.2. The van der Waals surface area contributed by atoms with Crippen molar-refractivity contribution >= 4 is 11.7 Å². The normalized spacial score (nSPS) is 9.00. The Morgan fingerprint density at radius 3 is 3.07 bits per heavy atom. The van der Waals surface area contributed by atoms with Crippen LogP contribution in [0.15, 0.2) is 18.5 Å². The van der Waals surface area contributed by atoms with Gasteiger partial charge >= 0.3 is 6.03 Å². The fourth-order valence-electron chi connectivity index (χ4n) is 1.02. The second kappa shape index (κ2) is 5.44. The Morgan fingerprint density at radius 1 is 1.60 bits per heavy atom. The van der Waals surface area contributed by atoms with Crippen molar-refractivity contribution in [2.45, 2.75) is 0 Å². The number of amides is 2. The zero-order valence-electron chi connectivity index (χ0n) is 8.03. The summed E-state index contributed by atoms with van der Waals surface area (Å²) in [4.78, 5) is 14.2. The van der Waals surface area contributed by atoms with Gasteiger partial charge in [0.1, 0.15) is 6.07 Å². The number of rotatable bonds is 4. The molecule has 0 aliphatic rings. The molecule has 0 aliphatic heterocycles. The Morgan fingerprint density at radius 2 is 2.40 bits per heavy atom. The summed E-state index contributed by atoms with van der Waals surface area (Å²) < 4.78 is 0. The number of urea groups is 1. The van der Waals surface area contributed by atoms with Gasteiger partial charge in [-0.1, -0.05) is 0 Å². The molecule has 1 rings (SSSR count). The number of carbonyl (C=O) groups excluding carboxylic acids is 1. The molecule has 0 atom stereocenters. The highest BCUT2D eigenvalue weighted by Gasteiger charge is 1.99. The second-order valence-corrected chi connectivity index (χ2v) is 2.75. The Balaban J connectivity index is 2.44. The van der Waals surface area contributed by atoms with Crippen molar-refractivity contribution in [1.29, 1.82) is 5.26 Å². The highest BCUT2D eigenvalue weighted by Crippen LogP contribution is 2.10. The van der Waals surface area contributed by atoms with Gasteiger partial charge < -0.3 is 16.4 Å². The van der Waals surface area contributed by atoms with Gasteiger partial charge in [-0.2, -0.15) is 5.26 Å². The molecule has 0 unspecified atom stereocenters. The van der Waals surface area contributed by atoms with E-state index in [2.05, 4.69) is 15.6 Å². The van der Waals surface area contributed by atoms with Crippen molar-refractivity contribution in [3.63, 3.8) is 0 Å². The zero-order chi connectivity index (χ0) is 11.1. The van der Waals surface area contributed by atoms with E-state index in [1.165, 1.54) is 0 Å². The van der Waals surface area contributed by atoms with Crippen LogP contribution in [0, 0.1) is 11.3 Å². The number of aromatic nitrogens is 1. The first-order valence-corrected chi connectivity index (χ1v) is 4.35. The minimum atomic E-state index is -0.566. The van der Waals surface area contributed by atoms with E-state index in [0.29, 0.717) is 24.3 Å². The predicted molar refractivity (Wildman–Crippen MR) is 55.0 cm³/mol. The SMILES string of the molecule is N#Cc1ccncc1NCCNC(N)=O. The van der Waals surface area contributed by atoms with E-state index in [9.17, 15) is 4.79 Å². The van der Waals surface area contributed by atoms with E-state index in [-0.39, 0.29) is 0 Å². The fraction of sp³-hybridized carbons (Fsp3) is 0.222. The summed E-state index contributed by atoms with van der Waals surface area (Å²) in [7, 11) is 0.